The van der Waals surface area contributed by atoms with Crippen LogP contribution in [0.25, 0.3) is 0 Å². The van der Waals surface area contributed by atoms with Crippen LogP contribution in [0.3, 0.4) is 0 Å². The summed E-state index contributed by atoms with van der Waals surface area (Å²) in [7, 11) is 0. The van der Waals surface area contributed by atoms with Gasteiger partial charge in [0.25, 0.3) is 0 Å². The number of nitrogens with zero attached hydrogens (tertiary/aromatic N) is 1. The second-order valence-electron chi connectivity index (χ2n) is 6.27. The summed E-state index contributed by atoms with van der Waals surface area (Å²) in [4.78, 5) is 4.11. The summed E-state index contributed by atoms with van der Waals surface area (Å²) in [6, 6.07) is -0.780. The maximum atomic E-state index is 10.5. The van der Waals surface area contributed by atoms with Gasteiger partial charge >= 0.3 is 0 Å². The quantitative estimate of drug-likeness (QED) is 0.289. The molecule has 0 bridgehead atoms. The van der Waals surface area contributed by atoms with Crippen molar-refractivity contribution in [1.82, 2.24) is 0 Å². The fraction of sp³-hybridized carbons (Fsp3) is 0.929. The van der Waals surface area contributed by atoms with Gasteiger partial charge in [0, 0.05) is 6.92 Å². The van der Waals surface area contributed by atoms with E-state index >= 15 is 0 Å². The summed E-state index contributed by atoms with van der Waals surface area (Å²) in [6.45, 7) is 0.473. The van der Waals surface area contributed by atoms with E-state index in [0.717, 1.165) is 0 Å². The zero-order valence-electron chi connectivity index (χ0n) is 13.5. The molecular weight excluding hydrogens is 342 g/mol. The molecular formula is C14H23NO10. The molecule has 144 valence electrons. The van der Waals surface area contributed by atoms with Crippen LogP contribution in [0.5, 0.6) is 0 Å². The summed E-state index contributed by atoms with van der Waals surface area (Å²) in [5, 5.41) is 58.9. The summed E-state index contributed by atoms with van der Waals surface area (Å²) in [5.41, 5.74) is 0. The number of hydrogen-bond donors (Lipinski definition) is 6. The van der Waals surface area contributed by atoms with Gasteiger partial charge in [-0.2, -0.15) is 0 Å². The second kappa shape index (κ2) is 7.39. The molecule has 0 spiro atoms. The zero-order valence-corrected chi connectivity index (χ0v) is 13.5. The molecule has 0 amide bonds. The molecule has 3 aliphatic heterocycles. The van der Waals surface area contributed by atoms with Gasteiger partial charge in [-0.3, -0.25) is 0 Å². The van der Waals surface area contributed by atoms with E-state index in [1.165, 1.54) is 0 Å². The number of aliphatic hydroxyl groups is 6. The highest BCUT2D eigenvalue weighted by Crippen LogP contribution is 2.32. The fourth-order valence-corrected chi connectivity index (χ4v) is 3.20. The number of ether oxygens (including phenoxy) is 4. The third-order valence-electron chi connectivity index (χ3n) is 4.58. The lowest BCUT2D eigenvalue weighted by Crippen LogP contribution is -2.63. The largest absolute Gasteiger partial charge is 0.450 e. The van der Waals surface area contributed by atoms with E-state index in [-0.39, 0.29) is 0 Å². The van der Waals surface area contributed by atoms with Gasteiger partial charge in [-0.1, -0.05) is 0 Å². The standard InChI is InChI=1S/C14H23NO10/c1-4-15-7-9(19)12(6(3-17)24-13(7)22-4)25-14-11(21)10(20)8(18)5(2-16)23-14/h5-14,16-21H,2-3H2,1H3. The van der Waals surface area contributed by atoms with Crippen molar-refractivity contribution in [3.05, 3.63) is 0 Å². The molecule has 3 heterocycles. The van der Waals surface area contributed by atoms with Gasteiger partial charge in [0.15, 0.2) is 12.2 Å². The lowest BCUT2D eigenvalue weighted by molar-refractivity contribution is -0.341. The molecule has 11 heteroatoms. The summed E-state index contributed by atoms with van der Waals surface area (Å²) in [6.07, 6.45) is -11.6. The highest BCUT2D eigenvalue weighted by Gasteiger charge is 2.52. The lowest BCUT2D eigenvalue weighted by atomic mass is 9.96. The van der Waals surface area contributed by atoms with Gasteiger partial charge in [-0.25, -0.2) is 4.99 Å². The number of hydrogen-bond acceptors (Lipinski definition) is 11. The molecule has 10 unspecified atom stereocenters. The van der Waals surface area contributed by atoms with E-state index in [2.05, 4.69) is 4.99 Å². The molecule has 6 N–H and O–H groups in total. The van der Waals surface area contributed by atoms with E-state index in [0.29, 0.717) is 5.90 Å². The van der Waals surface area contributed by atoms with Crippen LogP contribution in [0.15, 0.2) is 4.99 Å². The van der Waals surface area contributed by atoms with E-state index in [1.54, 1.807) is 6.92 Å². The van der Waals surface area contributed by atoms with Crippen molar-refractivity contribution in [2.75, 3.05) is 13.2 Å². The Morgan fingerprint density at radius 2 is 1.60 bits per heavy atom. The van der Waals surface area contributed by atoms with Crippen molar-refractivity contribution in [1.29, 1.82) is 0 Å². The van der Waals surface area contributed by atoms with Gasteiger partial charge in [-0.05, 0) is 0 Å². The first-order valence-electron chi connectivity index (χ1n) is 7.98. The van der Waals surface area contributed by atoms with Crippen LogP contribution in [0.4, 0.5) is 0 Å². The molecule has 11 nitrogen and oxygen atoms in total. The van der Waals surface area contributed by atoms with E-state index in [9.17, 15) is 30.6 Å². The van der Waals surface area contributed by atoms with Crippen LogP contribution < -0.4 is 0 Å². The maximum absolute atomic E-state index is 10.5. The minimum absolute atomic E-state index is 0.319. The van der Waals surface area contributed by atoms with Crippen LogP contribution in [-0.2, 0) is 18.9 Å². The smallest absolute Gasteiger partial charge is 0.227 e. The average molecular weight is 365 g/mol. The molecule has 0 aromatic rings. The molecule has 0 saturated carbocycles. The van der Waals surface area contributed by atoms with Gasteiger partial charge in [0.1, 0.15) is 48.8 Å². The Bertz CT molecular complexity index is 502. The Balaban J connectivity index is 1.75. The fourth-order valence-electron chi connectivity index (χ4n) is 3.20. The monoisotopic (exact) mass is 365 g/mol. The summed E-state index contributed by atoms with van der Waals surface area (Å²) in [5.74, 6) is 0.319. The van der Waals surface area contributed by atoms with Gasteiger partial charge < -0.3 is 49.6 Å². The van der Waals surface area contributed by atoms with Crippen LogP contribution in [0.1, 0.15) is 6.92 Å². The van der Waals surface area contributed by atoms with Crippen LogP contribution in [0, 0.1) is 0 Å². The first-order chi connectivity index (χ1) is 11.9. The molecule has 3 aliphatic rings. The van der Waals surface area contributed by atoms with Crippen molar-refractivity contribution in [3.8, 4) is 0 Å². The molecule has 10 atom stereocenters. The van der Waals surface area contributed by atoms with Gasteiger partial charge in [0.2, 0.25) is 6.29 Å². The van der Waals surface area contributed by atoms with Crippen molar-refractivity contribution >= 4 is 5.90 Å². The number of aliphatic hydroxyl groups excluding tert-OH is 6. The van der Waals surface area contributed by atoms with E-state index in [4.69, 9.17) is 18.9 Å². The van der Waals surface area contributed by atoms with Crippen molar-refractivity contribution in [2.45, 2.75) is 68.3 Å². The summed E-state index contributed by atoms with van der Waals surface area (Å²) >= 11 is 0. The first kappa shape index (κ1) is 18.9. The molecule has 0 aromatic heterocycles. The number of rotatable bonds is 4. The Morgan fingerprint density at radius 3 is 2.24 bits per heavy atom. The lowest BCUT2D eigenvalue weighted by Gasteiger charge is -2.44. The minimum atomic E-state index is -1.63. The second-order valence-corrected chi connectivity index (χ2v) is 6.27. The Hall–Kier alpha value is -0.890. The van der Waals surface area contributed by atoms with Gasteiger partial charge in [-0.15, -0.1) is 0 Å². The van der Waals surface area contributed by atoms with Crippen LogP contribution >= 0.6 is 0 Å². The number of fused-ring (bicyclic) bond motifs is 1. The normalized spacial score (nSPS) is 50.1. The molecule has 0 radical (unpaired) electrons. The Kier molecular flexibility index (Phi) is 5.58. The highest BCUT2D eigenvalue weighted by atomic mass is 16.7. The molecule has 2 saturated heterocycles. The van der Waals surface area contributed by atoms with Crippen LogP contribution in [0.2, 0.25) is 0 Å². The number of aliphatic imine (C=N–C) groups is 1. The van der Waals surface area contributed by atoms with Gasteiger partial charge in [0.05, 0.1) is 13.2 Å². The molecule has 3 rings (SSSR count). The third-order valence-corrected chi connectivity index (χ3v) is 4.58. The average Bonchev–Trinajstić information content (AvgIpc) is 2.97. The molecule has 0 aromatic carbocycles. The predicted octanol–water partition coefficient (Wildman–Crippen LogP) is -3.93. The maximum Gasteiger partial charge on any atom is 0.227 e. The van der Waals surface area contributed by atoms with Crippen molar-refractivity contribution < 1.29 is 49.6 Å². The molecule has 0 aliphatic carbocycles. The highest BCUT2D eigenvalue weighted by molar-refractivity contribution is 5.75. The van der Waals surface area contributed by atoms with Crippen molar-refractivity contribution in [3.63, 3.8) is 0 Å². The zero-order chi connectivity index (χ0) is 18.3. The molecule has 2 fully saturated rings. The Labute approximate surface area is 143 Å². The van der Waals surface area contributed by atoms with E-state index in [1.807, 2.05) is 0 Å². The predicted molar refractivity (Wildman–Crippen MR) is 78.4 cm³/mol. The van der Waals surface area contributed by atoms with Crippen molar-refractivity contribution in [2.24, 2.45) is 4.99 Å². The topological polar surface area (TPSA) is 171 Å². The first-order valence-corrected chi connectivity index (χ1v) is 7.98. The van der Waals surface area contributed by atoms with E-state index < -0.39 is 74.6 Å². The van der Waals surface area contributed by atoms with Crippen LogP contribution in [-0.4, -0.2) is 111 Å². The SMILES string of the molecule is CC1=NC2C(O1)OC(CO)C(OC1OC(CO)C(O)C(O)C1O)C2O. The minimum Gasteiger partial charge on any atom is -0.450 e. The third kappa shape index (κ3) is 3.39. The molecule has 25 heavy (non-hydrogen) atoms. The summed E-state index contributed by atoms with van der Waals surface area (Å²) < 4.78 is 21.6. The Morgan fingerprint density at radius 1 is 0.920 bits per heavy atom.